The van der Waals surface area contributed by atoms with Gasteiger partial charge in [-0.05, 0) is 27.6 Å². The molecule has 0 bridgehead atoms. The lowest BCUT2D eigenvalue weighted by Gasteiger charge is -2.31. The van der Waals surface area contributed by atoms with Crippen LogP contribution >= 0.6 is 15.9 Å². The number of hydrogen-bond acceptors (Lipinski definition) is 5. The summed E-state index contributed by atoms with van der Waals surface area (Å²) < 4.78 is 7.30. The maximum atomic E-state index is 12.1. The second-order valence-electron chi connectivity index (χ2n) is 5.86. The van der Waals surface area contributed by atoms with E-state index in [9.17, 15) is 4.79 Å². The molecular formula is C17H21BrN4O2. The van der Waals surface area contributed by atoms with Crippen molar-refractivity contribution in [1.29, 1.82) is 0 Å². The Morgan fingerprint density at radius 3 is 2.75 bits per heavy atom. The molecule has 0 N–H and O–H groups in total. The molecule has 1 aromatic heterocycles. The van der Waals surface area contributed by atoms with Crippen LogP contribution in [-0.4, -0.2) is 43.1 Å². The lowest BCUT2D eigenvalue weighted by atomic mass is 10.1. The zero-order chi connectivity index (χ0) is 17.1. The fourth-order valence-corrected chi connectivity index (χ4v) is 3.53. The average molecular weight is 393 g/mol. The van der Waals surface area contributed by atoms with Crippen LogP contribution in [0, 0.1) is 0 Å². The number of rotatable bonds is 4. The average Bonchev–Trinajstić information content (AvgIpc) is 2.61. The molecule has 2 aromatic rings. The van der Waals surface area contributed by atoms with Crippen molar-refractivity contribution >= 4 is 27.3 Å². The maximum Gasteiger partial charge on any atom is 0.282 e. The van der Waals surface area contributed by atoms with Gasteiger partial charge in [0.05, 0.1) is 25.1 Å². The van der Waals surface area contributed by atoms with E-state index in [2.05, 4.69) is 44.1 Å². The molecule has 1 fully saturated rings. The highest BCUT2D eigenvalue weighted by Crippen LogP contribution is 2.26. The Labute approximate surface area is 149 Å². The number of anilines is 2. The van der Waals surface area contributed by atoms with Crippen molar-refractivity contribution < 1.29 is 4.74 Å². The summed E-state index contributed by atoms with van der Waals surface area (Å²) in [6.45, 7) is 4.01. The number of aryl methyl sites for hydroxylation is 1. The van der Waals surface area contributed by atoms with Crippen molar-refractivity contribution in [3.63, 3.8) is 0 Å². The second kappa shape index (κ2) is 7.36. The van der Waals surface area contributed by atoms with Gasteiger partial charge in [0.2, 0.25) is 0 Å². The van der Waals surface area contributed by atoms with Gasteiger partial charge < -0.3 is 14.5 Å². The molecule has 1 aliphatic heterocycles. The van der Waals surface area contributed by atoms with Crippen LogP contribution in [0.2, 0.25) is 0 Å². The summed E-state index contributed by atoms with van der Waals surface area (Å²) in [6.07, 6.45) is 1.71. The summed E-state index contributed by atoms with van der Waals surface area (Å²) in [4.78, 5) is 16.5. The van der Waals surface area contributed by atoms with E-state index >= 15 is 0 Å². The first-order valence-electron chi connectivity index (χ1n) is 7.91. The fourth-order valence-electron chi connectivity index (χ4n) is 2.87. The topological polar surface area (TPSA) is 50.6 Å². The van der Waals surface area contributed by atoms with E-state index in [1.807, 2.05) is 18.0 Å². The number of nitrogens with zero attached hydrogens (tertiary/aromatic N) is 4. The van der Waals surface area contributed by atoms with Crippen LogP contribution in [0.25, 0.3) is 0 Å². The van der Waals surface area contributed by atoms with Gasteiger partial charge in [-0.3, -0.25) is 4.79 Å². The number of para-hydroxylation sites is 1. The third-order valence-corrected chi connectivity index (χ3v) is 4.97. The summed E-state index contributed by atoms with van der Waals surface area (Å²) >= 11 is 3.40. The summed E-state index contributed by atoms with van der Waals surface area (Å²) in [5, 5.41) is 4.12. The quantitative estimate of drug-likeness (QED) is 0.796. The molecule has 0 amide bonds. The van der Waals surface area contributed by atoms with Gasteiger partial charge in [-0.15, -0.1) is 0 Å². The molecule has 1 aromatic carbocycles. The van der Waals surface area contributed by atoms with E-state index in [0.29, 0.717) is 11.0 Å². The van der Waals surface area contributed by atoms with Gasteiger partial charge in [0.1, 0.15) is 4.47 Å². The smallest absolute Gasteiger partial charge is 0.282 e. The lowest BCUT2D eigenvalue weighted by molar-refractivity contribution is 0.122. The molecule has 3 rings (SSSR count). The van der Waals surface area contributed by atoms with Gasteiger partial charge in [-0.1, -0.05) is 18.2 Å². The van der Waals surface area contributed by atoms with Crippen LogP contribution in [0.5, 0.6) is 0 Å². The minimum atomic E-state index is -0.138. The van der Waals surface area contributed by atoms with Crippen LogP contribution in [-0.2, 0) is 18.3 Å². The van der Waals surface area contributed by atoms with E-state index in [4.69, 9.17) is 4.74 Å². The van der Waals surface area contributed by atoms with Crippen molar-refractivity contribution in [2.24, 2.45) is 7.05 Å². The zero-order valence-corrected chi connectivity index (χ0v) is 15.5. The molecule has 6 nitrogen and oxygen atoms in total. The van der Waals surface area contributed by atoms with Gasteiger partial charge in [-0.25, -0.2) is 4.68 Å². The molecule has 2 heterocycles. The van der Waals surface area contributed by atoms with Crippen molar-refractivity contribution in [2.45, 2.75) is 6.54 Å². The van der Waals surface area contributed by atoms with Gasteiger partial charge in [0.25, 0.3) is 5.56 Å². The molecule has 0 radical (unpaired) electrons. The van der Waals surface area contributed by atoms with E-state index in [0.717, 1.165) is 32.0 Å². The first-order chi connectivity index (χ1) is 11.6. The van der Waals surface area contributed by atoms with Crippen molar-refractivity contribution in [3.05, 3.63) is 50.9 Å². The molecule has 128 valence electrons. The van der Waals surface area contributed by atoms with Gasteiger partial charge >= 0.3 is 0 Å². The van der Waals surface area contributed by atoms with E-state index in [1.54, 1.807) is 13.2 Å². The van der Waals surface area contributed by atoms with Crippen LogP contribution in [0.3, 0.4) is 0 Å². The zero-order valence-electron chi connectivity index (χ0n) is 13.9. The molecule has 0 unspecified atom stereocenters. The number of ether oxygens (including phenoxy) is 1. The Kier molecular flexibility index (Phi) is 5.20. The SMILES string of the molecule is CN(Cc1ccccc1N1CCOCC1)c1cnn(C)c(=O)c1Br. The third kappa shape index (κ3) is 3.47. The Morgan fingerprint density at radius 2 is 2.00 bits per heavy atom. The lowest BCUT2D eigenvalue weighted by Crippen LogP contribution is -2.37. The van der Waals surface area contributed by atoms with Gasteiger partial charge in [-0.2, -0.15) is 5.10 Å². The van der Waals surface area contributed by atoms with E-state index in [-0.39, 0.29) is 5.56 Å². The Bertz CT molecular complexity index is 771. The molecule has 0 spiro atoms. The van der Waals surface area contributed by atoms with Crippen molar-refractivity contribution in [2.75, 3.05) is 43.2 Å². The van der Waals surface area contributed by atoms with Crippen LogP contribution in [0.15, 0.2) is 39.7 Å². The molecule has 24 heavy (non-hydrogen) atoms. The summed E-state index contributed by atoms with van der Waals surface area (Å²) in [5.41, 5.74) is 3.09. The van der Waals surface area contributed by atoms with E-state index < -0.39 is 0 Å². The normalized spacial score (nSPS) is 14.7. The molecule has 7 heteroatoms. The van der Waals surface area contributed by atoms with E-state index in [1.165, 1.54) is 15.9 Å². The molecule has 0 atom stereocenters. The number of hydrogen-bond donors (Lipinski definition) is 0. The Balaban J connectivity index is 1.86. The minimum absolute atomic E-state index is 0.138. The van der Waals surface area contributed by atoms with Crippen molar-refractivity contribution in [1.82, 2.24) is 9.78 Å². The summed E-state index contributed by atoms with van der Waals surface area (Å²) in [7, 11) is 3.61. The molecule has 0 aliphatic carbocycles. The number of halogens is 1. The van der Waals surface area contributed by atoms with Crippen LogP contribution in [0.1, 0.15) is 5.56 Å². The fraction of sp³-hybridized carbons (Fsp3) is 0.412. The minimum Gasteiger partial charge on any atom is -0.378 e. The highest BCUT2D eigenvalue weighted by Gasteiger charge is 2.17. The highest BCUT2D eigenvalue weighted by atomic mass is 79.9. The Hall–Kier alpha value is -1.86. The predicted octanol–water partition coefficient (Wildman–Crippen LogP) is 2.02. The van der Waals surface area contributed by atoms with Gasteiger partial charge in [0.15, 0.2) is 0 Å². The molecule has 0 saturated carbocycles. The highest BCUT2D eigenvalue weighted by molar-refractivity contribution is 9.10. The predicted molar refractivity (Wildman–Crippen MR) is 98.8 cm³/mol. The summed E-state index contributed by atoms with van der Waals surface area (Å²) in [5.74, 6) is 0. The van der Waals surface area contributed by atoms with Gasteiger partial charge in [0, 0.05) is 39.4 Å². The van der Waals surface area contributed by atoms with Crippen LogP contribution in [0.4, 0.5) is 11.4 Å². The number of benzene rings is 1. The first-order valence-corrected chi connectivity index (χ1v) is 8.71. The standard InChI is InChI=1S/C17H21BrN4O2/c1-20(15-11-19-21(2)17(23)16(15)18)12-13-5-3-4-6-14(13)22-7-9-24-10-8-22/h3-6,11H,7-10,12H2,1-2H3. The van der Waals surface area contributed by atoms with Crippen LogP contribution < -0.4 is 15.4 Å². The number of aromatic nitrogens is 2. The summed E-state index contributed by atoms with van der Waals surface area (Å²) in [6, 6.07) is 8.38. The number of morpholine rings is 1. The molecule has 1 aliphatic rings. The Morgan fingerprint density at radius 1 is 1.29 bits per heavy atom. The first kappa shape index (κ1) is 17.0. The third-order valence-electron chi connectivity index (χ3n) is 4.22. The second-order valence-corrected chi connectivity index (χ2v) is 6.65. The molecular weight excluding hydrogens is 372 g/mol. The van der Waals surface area contributed by atoms with Crippen molar-refractivity contribution in [3.8, 4) is 0 Å². The molecule has 1 saturated heterocycles. The monoisotopic (exact) mass is 392 g/mol. The maximum absolute atomic E-state index is 12.1. The largest absolute Gasteiger partial charge is 0.378 e.